The fraction of sp³-hybridized carbons (Fsp3) is 1.00. The van der Waals surface area contributed by atoms with E-state index in [0.717, 1.165) is 19.4 Å². The molecule has 0 N–H and O–H groups in total. The van der Waals surface area contributed by atoms with E-state index in [9.17, 15) is 0 Å². The molecule has 1 unspecified atom stereocenters. The second kappa shape index (κ2) is 3.95. The Hall–Kier alpha value is 1.02. The van der Waals surface area contributed by atoms with Crippen molar-refractivity contribution in [2.75, 3.05) is 6.61 Å². The molecular formula is C4H9ClMgO. The van der Waals surface area contributed by atoms with E-state index in [-0.39, 0.29) is 31.5 Å². The number of hydrogen-bond donors (Lipinski definition) is 0. The summed E-state index contributed by atoms with van der Waals surface area (Å²) in [4.78, 5) is 0. The Morgan fingerprint density at radius 1 is 1.71 bits per heavy atom. The monoisotopic (exact) mass is 132 g/mol. The molecule has 0 bridgehead atoms. The first-order valence-electron chi connectivity index (χ1n) is 2.15. The van der Waals surface area contributed by atoms with Crippen LogP contribution in [0.25, 0.3) is 0 Å². The van der Waals surface area contributed by atoms with Gasteiger partial charge in [-0.2, -0.15) is 0 Å². The molecular weight excluding hydrogens is 124 g/mol. The minimum atomic E-state index is 0. The van der Waals surface area contributed by atoms with Crippen LogP contribution in [0.4, 0.5) is 0 Å². The smallest absolute Gasteiger partial charge is 1.00 e. The first kappa shape index (κ1) is 8.02. The topological polar surface area (TPSA) is 9.23 Å². The van der Waals surface area contributed by atoms with Gasteiger partial charge in [-0.25, -0.2) is 0 Å². The standard InChI is InChI=1S/C4H7ClO.Mg.2H/c5-4-2-1-3-6-4;;;/h4H,1-3H2;;;/q;+2;2*-1. The molecule has 1 saturated heterocycles. The van der Waals surface area contributed by atoms with Crippen LogP contribution in [-0.2, 0) is 4.74 Å². The van der Waals surface area contributed by atoms with Crippen molar-refractivity contribution in [1.82, 2.24) is 0 Å². The summed E-state index contributed by atoms with van der Waals surface area (Å²) < 4.78 is 4.92. The summed E-state index contributed by atoms with van der Waals surface area (Å²) in [6.45, 7) is 0.855. The molecule has 0 aliphatic carbocycles. The van der Waals surface area contributed by atoms with Gasteiger partial charge in [-0.15, -0.1) is 0 Å². The van der Waals surface area contributed by atoms with Gasteiger partial charge in [0.1, 0.15) is 5.56 Å². The molecule has 3 heteroatoms. The molecule has 1 aliphatic heterocycles. The van der Waals surface area contributed by atoms with Crippen molar-refractivity contribution < 1.29 is 7.59 Å². The summed E-state index contributed by atoms with van der Waals surface area (Å²) in [7, 11) is 0. The van der Waals surface area contributed by atoms with Crippen molar-refractivity contribution >= 4 is 34.7 Å². The van der Waals surface area contributed by atoms with Gasteiger partial charge in [0.05, 0.1) is 0 Å². The summed E-state index contributed by atoms with van der Waals surface area (Å²) in [6, 6.07) is 0. The molecule has 7 heavy (non-hydrogen) atoms. The molecule has 1 rings (SSSR count). The van der Waals surface area contributed by atoms with Crippen molar-refractivity contribution in [3.05, 3.63) is 0 Å². The third-order valence-electron chi connectivity index (χ3n) is 0.874. The Labute approximate surface area is 67.5 Å². The van der Waals surface area contributed by atoms with Crippen LogP contribution in [0.5, 0.6) is 0 Å². The van der Waals surface area contributed by atoms with Crippen LogP contribution in [0.15, 0.2) is 0 Å². The van der Waals surface area contributed by atoms with Gasteiger partial charge in [0.25, 0.3) is 0 Å². The van der Waals surface area contributed by atoms with Crippen molar-refractivity contribution in [2.24, 2.45) is 0 Å². The summed E-state index contributed by atoms with van der Waals surface area (Å²) >= 11 is 5.49. The minimum absolute atomic E-state index is 0. The van der Waals surface area contributed by atoms with Crippen LogP contribution in [-0.4, -0.2) is 35.2 Å². The molecule has 1 atom stereocenters. The predicted octanol–water partition coefficient (Wildman–Crippen LogP) is 1.21. The summed E-state index contributed by atoms with van der Waals surface area (Å²) in [5.74, 6) is 0. The third-order valence-corrected chi connectivity index (χ3v) is 1.22. The van der Waals surface area contributed by atoms with Gasteiger partial charge >= 0.3 is 23.1 Å². The van der Waals surface area contributed by atoms with Crippen molar-refractivity contribution in [1.29, 1.82) is 0 Å². The molecule has 1 heterocycles. The van der Waals surface area contributed by atoms with E-state index in [0.29, 0.717) is 0 Å². The maximum absolute atomic E-state index is 5.49. The first-order chi connectivity index (χ1) is 2.89. The molecule has 0 radical (unpaired) electrons. The van der Waals surface area contributed by atoms with Crippen LogP contribution in [0, 0.1) is 0 Å². The van der Waals surface area contributed by atoms with E-state index in [4.69, 9.17) is 16.3 Å². The van der Waals surface area contributed by atoms with Gasteiger partial charge in [0.15, 0.2) is 0 Å². The number of rotatable bonds is 0. The number of alkyl halides is 1. The molecule has 1 fully saturated rings. The Bertz CT molecular complexity index is 51.8. The van der Waals surface area contributed by atoms with E-state index in [1.54, 1.807) is 0 Å². The molecule has 40 valence electrons. The summed E-state index contributed by atoms with van der Waals surface area (Å²) in [5.41, 5.74) is 0.0185. The molecule has 0 aromatic rings. The zero-order valence-corrected chi connectivity index (χ0v) is 6.36. The van der Waals surface area contributed by atoms with Crippen LogP contribution >= 0.6 is 11.6 Å². The van der Waals surface area contributed by atoms with E-state index in [1.165, 1.54) is 0 Å². The number of halogens is 1. The van der Waals surface area contributed by atoms with Crippen LogP contribution in [0.1, 0.15) is 15.7 Å². The summed E-state index contributed by atoms with van der Waals surface area (Å²) in [6.07, 6.45) is 2.16. The van der Waals surface area contributed by atoms with Gasteiger partial charge in [-0.3, -0.25) is 0 Å². The van der Waals surface area contributed by atoms with E-state index >= 15 is 0 Å². The van der Waals surface area contributed by atoms with Gasteiger partial charge in [0, 0.05) is 6.61 Å². The largest absolute Gasteiger partial charge is 2.00 e. The zero-order chi connectivity index (χ0) is 4.41. The average Bonchev–Trinajstić information content (AvgIpc) is 1.86. The second-order valence-corrected chi connectivity index (χ2v) is 1.91. The quantitative estimate of drug-likeness (QED) is 0.356. The fourth-order valence-corrected chi connectivity index (χ4v) is 0.782. The maximum atomic E-state index is 5.49. The molecule has 0 spiro atoms. The Morgan fingerprint density at radius 3 is 2.57 bits per heavy atom. The van der Waals surface area contributed by atoms with Crippen LogP contribution < -0.4 is 0 Å². The maximum Gasteiger partial charge on any atom is 2.00 e. The Balaban J connectivity index is -0.000000120. The van der Waals surface area contributed by atoms with Gasteiger partial charge in [0.2, 0.25) is 0 Å². The van der Waals surface area contributed by atoms with Crippen molar-refractivity contribution in [2.45, 2.75) is 18.4 Å². The Kier molecular flexibility index (Phi) is 4.53. The normalized spacial score (nSPS) is 29.6. The van der Waals surface area contributed by atoms with E-state index < -0.39 is 0 Å². The minimum Gasteiger partial charge on any atom is -1.00 e. The first-order valence-corrected chi connectivity index (χ1v) is 2.59. The zero-order valence-electron chi connectivity index (χ0n) is 6.19. The molecule has 0 aromatic heterocycles. The average molecular weight is 133 g/mol. The van der Waals surface area contributed by atoms with Crippen LogP contribution in [0.2, 0.25) is 0 Å². The van der Waals surface area contributed by atoms with Crippen LogP contribution in [0.3, 0.4) is 0 Å². The van der Waals surface area contributed by atoms with E-state index in [2.05, 4.69) is 0 Å². The molecule has 1 nitrogen and oxygen atoms in total. The molecule has 0 aromatic carbocycles. The van der Waals surface area contributed by atoms with E-state index in [1.807, 2.05) is 0 Å². The molecule has 0 amide bonds. The second-order valence-electron chi connectivity index (χ2n) is 1.42. The predicted molar refractivity (Wildman–Crippen MR) is 32.8 cm³/mol. The van der Waals surface area contributed by atoms with Gasteiger partial charge in [-0.05, 0) is 12.8 Å². The van der Waals surface area contributed by atoms with Crippen molar-refractivity contribution in [3.63, 3.8) is 0 Å². The fourth-order valence-electron chi connectivity index (χ4n) is 0.538. The summed E-state index contributed by atoms with van der Waals surface area (Å²) in [5, 5.41) is 0. The van der Waals surface area contributed by atoms with Crippen molar-refractivity contribution in [3.8, 4) is 0 Å². The number of hydrogen-bond acceptors (Lipinski definition) is 1. The third kappa shape index (κ3) is 2.75. The number of ether oxygens (including phenoxy) is 1. The van der Waals surface area contributed by atoms with Gasteiger partial charge in [-0.1, -0.05) is 11.6 Å². The molecule has 0 saturated carbocycles. The Morgan fingerprint density at radius 2 is 2.43 bits per heavy atom. The van der Waals surface area contributed by atoms with Gasteiger partial charge < -0.3 is 7.59 Å². The molecule has 1 aliphatic rings. The SMILES string of the molecule is ClC1CCCO1.[H-].[H-].[Mg+2].